The van der Waals surface area contributed by atoms with Crippen LogP contribution in [0.4, 0.5) is 0 Å². The van der Waals surface area contributed by atoms with E-state index in [1.54, 1.807) is 0 Å². The number of aliphatic hydroxyl groups excluding tert-OH is 2. The molecule has 4 rings (SSSR count). The van der Waals surface area contributed by atoms with Crippen LogP contribution in [0.25, 0.3) is 0 Å². The predicted octanol–water partition coefficient (Wildman–Crippen LogP) is 6.00. The van der Waals surface area contributed by atoms with Gasteiger partial charge in [-0.2, -0.15) is 5.26 Å². The van der Waals surface area contributed by atoms with E-state index in [1.807, 2.05) is 13.8 Å². The summed E-state index contributed by atoms with van der Waals surface area (Å²) in [7, 11) is 0. The van der Waals surface area contributed by atoms with Crippen molar-refractivity contribution in [3.05, 3.63) is 35.5 Å². The van der Waals surface area contributed by atoms with E-state index in [4.69, 9.17) is 4.74 Å². The zero-order valence-corrected chi connectivity index (χ0v) is 23.5. The average molecular weight is 512 g/mol. The molecule has 0 unspecified atom stereocenters. The number of aliphatic hydroxyl groups is 3. The summed E-state index contributed by atoms with van der Waals surface area (Å²) in [4.78, 5) is 0. The minimum absolute atomic E-state index is 0.260. The summed E-state index contributed by atoms with van der Waals surface area (Å²) >= 11 is 0. The Morgan fingerprint density at radius 2 is 1.95 bits per heavy atom. The molecule has 0 saturated heterocycles. The van der Waals surface area contributed by atoms with E-state index in [-0.39, 0.29) is 6.61 Å². The van der Waals surface area contributed by atoms with Gasteiger partial charge >= 0.3 is 0 Å². The Hall–Kier alpha value is -1.45. The molecule has 7 atom stereocenters. The van der Waals surface area contributed by atoms with E-state index in [0.717, 1.165) is 37.7 Å². The first kappa shape index (κ1) is 28.6. The Bertz CT molecular complexity index is 949. The molecule has 4 saturated carbocycles. The number of allylic oxidation sites excluding steroid dienone is 3. The van der Waals surface area contributed by atoms with Crippen molar-refractivity contribution >= 4 is 0 Å². The number of fused-ring (bicyclic) bond motifs is 1. The van der Waals surface area contributed by atoms with Gasteiger partial charge in [0.15, 0.2) is 0 Å². The molecule has 0 bridgehead atoms. The van der Waals surface area contributed by atoms with Crippen LogP contribution in [0.5, 0.6) is 0 Å². The SMILES string of the molecule is C=C1/C(=C\C=C2/CCC[C@]3(C)[C@@H]([C@H](C)CCCC(C)(C)O)CC[C@@H]23)C[C@@H](O)[C@H](OCC2(C#N)CC2)[C@@H]1O. The second kappa shape index (κ2) is 11.0. The topological polar surface area (TPSA) is 93.7 Å². The third-order valence-corrected chi connectivity index (χ3v) is 10.2. The van der Waals surface area contributed by atoms with Crippen LogP contribution in [0, 0.1) is 39.9 Å². The van der Waals surface area contributed by atoms with E-state index in [9.17, 15) is 20.6 Å². The van der Waals surface area contributed by atoms with Crippen LogP contribution < -0.4 is 0 Å². The van der Waals surface area contributed by atoms with Gasteiger partial charge in [0, 0.05) is 6.42 Å². The summed E-state index contributed by atoms with van der Waals surface area (Å²) in [5.74, 6) is 1.96. The molecule has 0 spiro atoms. The Kier molecular flexibility index (Phi) is 8.46. The van der Waals surface area contributed by atoms with Crippen molar-refractivity contribution in [1.29, 1.82) is 5.26 Å². The van der Waals surface area contributed by atoms with E-state index < -0.39 is 29.3 Å². The standard InChI is InChI=1S/C32H49NO4/c1-21(8-6-14-30(3,4)36)25-12-13-26-23(9-7-15-31(25,26)5)10-11-24-18-27(34)29(28(35)22(24)2)37-20-32(19-33)16-17-32/h10-11,21,25-29,34-36H,2,6-9,12-18,20H2,1,3-5H3/b23-10+,24-11-/t21-,25-,26+,27-,28-,29+,31-/m1/s1. The first-order valence-electron chi connectivity index (χ1n) is 14.6. The van der Waals surface area contributed by atoms with Crippen molar-refractivity contribution in [3.8, 4) is 6.07 Å². The first-order valence-corrected chi connectivity index (χ1v) is 14.6. The van der Waals surface area contributed by atoms with Crippen LogP contribution in [-0.2, 0) is 4.74 Å². The number of hydrogen-bond acceptors (Lipinski definition) is 5. The average Bonchev–Trinajstić information content (AvgIpc) is 3.52. The van der Waals surface area contributed by atoms with Gasteiger partial charge in [-0.15, -0.1) is 0 Å². The predicted molar refractivity (Wildman–Crippen MR) is 146 cm³/mol. The fraction of sp³-hybridized carbons (Fsp3) is 0.781. The van der Waals surface area contributed by atoms with Gasteiger partial charge in [-0.05, 0) is 99.5 Å². The summed E-state index contributed by atoms with van der Waals surface area (Å²) in [6, 6.07) is 2.31. The molecule has 4 aliphatic carbocycles. The Morgan fingerprint density at radius 1 is 1.22 bits per heavy atom. The van der Waals surface area contributed by atoms with E-state index >= 15 is 0 Å². The molecule has 5 nitrogen and oxygen atoms in total. The molecule has 0 aliphatic heterocycles. The second-order valence-corrected chi connectivity index (χ2v) is 13.6. The van der Waals surface area contributed by atoms with Gasteiger partial charge in [0.1, 0.15) is 12.2 Å². The largest absolute Gasteiger partial charge is 0.390 e. The molecule has 0 aromatic rings. The van der Waals surface area contributed by atoms with E-state index in [1.165, 1.54) is 37.7 Å². The van der Waals surface area contributed by atoms with Crippen LogP contribution in [0.3, 0.4) is 0 Å². The summed E-state index contributed by atoms with van der Waals surface area (Å²) < 4.78 is 5.85. The lowest BCUT2D eigenvalue weighted by molar-refractivity contribution is -0.102. The minimum atomic E-state index is -0.958. The molecule has 3 N–H and O–H groups in total. The highest BCUT2D eigenvalue weighted by Crippen LogP contribution is 2.60. The van der Waals surface area contributed by atoms with E-state index in [2.05, 4.69) is 38.6 Å². The lowest BCUT2D eigenvalue weighted by atomic mass is 9.60. The van der Waals surface area contributed by atoms with Crippen LogP contribution in [0.15, 0.2) is 35.5 Å². The Labute approximate surface area is 224 Å². The van der Waals surface area contributed by atoms with E-state index in [0.29, 0.717) is 35.2 Å². The fourth-order valence-electron chi connectivity index (χ4n) is 7.62. The Morgan fingerprint density at radius 3 is 2.59 bits per heavy atom. The molecule has 0 amide bonds. The molecule has 206 valence electrons. The first-order chi connectivity index (χ1) is 17.4. The quantitative estimate of drug-likeness (QED) is 0.353. The molecule has 0 heterocycles. The maximum Gasteiger partial charge on any atom is 0.114 e. The third kappa shape index (κ3) is 6.25. The van der Waals surface area contributed by atoms with Crippen molar-refractivity contribution in [3.63, 3.8) is 0 Å². The molecule has 0 aromatic heterocycles. The van der Waals surface area contributed by atoms with Gasteiger partial charge in [0.05, 0.1) is 29.8 Å². The third-order valence-electron chi connectivity index (χ3n) is 10.2. The van der Waals surface area contributed by atoms with Crippen molar-refractivity contribution < 1.29 is 20.1 Å². The van der Waals surface area contributed by atoms with Crippen molar-refractivity contribution in [1.82, 2.24) is 0 Å². The summed E-state index contributed by atoms with van der Waals surface area (Å²) in [5, 5.41) is 41.1. The second-order valence-electron chi connectivity index (χ2n) is 13.6. The summed E-state index contributed by atoms with van der Waals surface area (Å²) in [6.45, 7) is 13.1. The van der Waals surface area contributed by atoms with Gasteiger partial charge in [0.2, 0.25) is 0 Å². The van der Waals surface area contributed by atoms with Crippen LogP contribution in [0.2, 0.25) is 0 Å². The lowest BCUT2D eigenvalue weighted by Gasteiger charge is -2.44. The normalized spacial score (nSPS) is 38.4. The van der Waals surface area contributed by atoms with Crippen molar-refractivity contribution in [2.75, 3.05) is 6.61 Å². The number of nitrogens with zero attached hydrogens (tertiary/aromatic N) is 1. The number of hydrogen-bond donors (Lipinski definition) is 3. The van der Waals surface area contributed by atoms with Crippen LogP contribution >= 0.6 is 0 Å². The highest BCUT2D eigenvalue weighted by molar-refractivity contribution is 5.40. The van der Waals surface area contributed by atoms with Crippen molar-refractivity contribution in [2.24, 2.45) is 28.6 Å². The molecule has 5 heteroatoms. The highest BCUT2D eigenvalue weighted by atomic mass is 16.5. The maximum absolute atomic E-state index is 10.9. The molecular formula is C32H49NO4. The molecule has 0 radical (unpaired) electrons. The highest BCUT2D eigenvalue weighted by Gasteiger charge is 2.50. The molecule has 0 aromatic carbocycles. The number of nitriles is 1. The van der Waals surface area contributed by atoms with Gasteiger partial charge in [-0.1, -0.05) is 51.0 Å². The number of ether oxygens (including phenoxy) is 1. The fourth-order valence-corrected chi connectivity index (χ4v) is 7.62. The zero-order chi connectivity index (χ0) is 27.0. The lowest BCUT2D eigenvalue weighted by Crippen LogP contribution is -2.46. The van der Waals surface area contributed by atoms with Crippen molar-refractivity contribution in [2.45, 2.75) is 122 Å². The zero-order valence-electron chi connectivity index (χ0n) is 23.5. The molecule has 37 heavy (non-hydrogen) atoms. The van der Waals surface area contributed by atoms with Gasteiger partial charge in [-0.25, -0.2) is 0 Å². The van der Waals surface area contributed by atoms with Gasteiger partial charge in [-0.3, -0.25) is 0 Å². The summed E-state index contributed by atoms with van der Waals surface area (Å²) in [5.41, 5.74) is 2.33. The molecule has 4 fully saturated rings. The van der Waals surface area contributed by atoms with Crippen LogP contribution in [-0.4, -0.2) is 45.8 Å². The number of rotatable bonds is 9. The molecule has 4 aliphatic rings. The van der Waals surface area contributed by atoms with Crippen LogP contribution in [0.1, 0.15) is 98.3 Å². The molecular weight excluding hydrogens is 462 g/mol. The maximum atomic E-state index is 10.9. The Balaban J connectivity index is 1.40. The van der Waals surface area contributed by atoms with Gasteiger partial charge < -0.3 is 20.1 Å². The smallest absolute Gasteiger partial charge is 0.114 e. The monoisotopic (exact) mass is 511 g/mol. The summed E-state index contributed by atoms with van der Waals surface area (Å²) in [6.07, 6.45) is 13.1. The van der Waals surface area contributed by atoms with Gasteiger partial charge in [0.25, 0.3) is 0 Å². The minimum Gasteiger partial charge on any atom is -0.390 e.